The topological polar surface area (TPSA) is 85.8 Å². The van der Waals surface area contributed by atoms with Gasteiger partial charge in [-0.25, -0.2) is 4.98 Å². The van der Waals surface area contributed by atoms with E-state index in [1.165, 1.54) is 0 Å². The molecule has 7 heteroatoms. The molecular formula is C13H13N5O2. The summed E-state index contributed by atoms with van der Waals surface area (Å²) in [6, 6.07) is 7.67. The Labute approximate surface area is 114 Å². The molecule has 1 aromatic carbocycles. The average Bonchev–Trinajstić information content (AvgIpc) is 3.04. The molecule has 3 rings (SSSR count). The summed E-state index contributed by atoms with van der Waals surface area (Å²) in [6.07, 6.45) is 1.65. The van der Waals surface area contributed by atoms with Gasteiger partial charge in [-0.15, -0.1) is 0 Å². The predicted octanol–water partition coefficient (Wildman–Crippen LogP) is 1.04. The summed E-state index contributed by atoms with van der Waals surface area (Å²) in [5, 5.41) is 6.39. The van der Waals surface area contributed by atoms with Gasteiger partial charge < -0.3 is 14.4 Å². The summed E-state index contributed by atoms with van der Waals surface area (Å²) in [6.45, 7) is 2.16. The molecule has 3 aromatic rings. The van der Waals surface area contributed by atoms with E-state index in [0.717, 1.165) is 11.0 Å². The standard InChI is InChI=1S/C13H13N5O2/c1-9-16-13(20-17-9)6-14-12(19)7-18-8-15-10-4-2-3-5-11(10)18/h2-5,8H,6-7H2,1H3,(H,14,19). The van der Waals surface area contributed by atoms with Crippen molar-refractivity contribution >= 4 is 16.9 Å². The van der Waals surface area contributed by atoms with Crippen LogP contribution >= 0.6 is 0 Å². The van der Waals surface area contributed by atoms with E-state index in [4.69, 9.17) is 4.52 Å². The number of hydrogen-bond acceptors (Lipinski definition) is 5. The summed E-state index contributed by atoms with van der Waals surface area (Å²) in [4.78, 5) is 20.1. The highest BCUT2D eigenvalue weighted by molar-refractivity contribution is 5.80. The fourth-order valence-corrected chi connectivity index (χ4v) is 1.93. The lowest BCUT2D eigenvalue weighted by atomic mass is 10.3. The van der Waals surface area contributed by atoms with Crippen LogP contribution in [0.25, 0.3) is 11.0 Å². The number of carbonyl (C=O) groups is 1. The lowest BCUT2D eigenvalue weighted by Crippen LogP contribution is -2.27. The minimum absolute atomic E-state index is 0.135. The highest BCUT2D eigenvalue weighted by Gasteiger charge is 2.08. The Hall–Kier alpha value is -2.70. The van der Waals surface area contributed by atoms with Crippen molar-refractivity contribution in [1.29, 1.82) is 0 Å². The zero-order chi connectivity index (χ0) is 13.9. The number of rotatable bonds is 4. The molecule has 0 unspecified atom stereocenters. The van der Waals surface area contributed by atoms with Crippen molar-refractivity contribution < 1.29 is 9.32 Å². The molecule has 0 radical (unpaired) electrons. The highest BCUT2D eigenvalue weighted by atomic mass is 16.5. The second-order valence-corrected chi connectivity index (χ2v) is 4.37. The van der Waals surface area contributed by atoms with Gasteiger partial charge in [0.25, 0.3) is 0 Å². The first-order chi connectivity index (χ1) is 9.72. The number of imidazole rings is 1. The summed E-state index contributed by atoms with van der Waals surface area (Å²) < 4.78 is 6.72. The second-order valence-electron chi connectivity index (χ2n) is 4.37. The maximum atomic E-state index is 11.9. The molecule has 0 aliphatic carbocycles. The third-order valence-corrected chi connectivity index (χ3v) is 2.85. The molecule has 0 aliphatic heterocycles. The molecule has 0 saturated carbocycles. The van der Waals surface area contributed by atoms with Crippen LogP contribution in [0.5, 0.6) is 0 Å². The zero-order valence-electron chi connectivity index (χ0n) is 10.9. The Kier molecular flexibility index (Phi) is 3.16. The van der Waals surface area contributed by atoms with Gasteiger partial charge in [-0.2, -0.15) is 4.98 Å². The van der Waals surface area contributed by atoms with Crippen LogP contribution in [0, 0.1) is 6.92 Å². The first-order valence-corrected chi connectivity index (χ1v) is 6.18. The normalized spacial score (nSPS) is 10.8. The van der Waals surface area contributed by atoms with E-state index in [1.807, 2.05) is 24.3 Å². The number of nitrogens with zero attached hydrogens (tertiary/aromatic N) is 4. The molecule has 0 aliphatic rings. The number of benzene rings is 1. The van der Waals surface area contributed by atoms with Gasteiger partial charge in [0.1, 0.15) is 6.54 Å². The van der Waals surface area contributed by atoms with Gasteiger partial charge in [0, 0.05) is 0 Å². The SMILES string of the molecule is Cc1noc(CNC(=O)Cn2cnc3ccccc32)n1. The molecule has 0 atom stereocenters. The predicted molar refractivity (Wildman–Crippen MR) is 70.6 cm³/mol. The van der Waals surface area contributed by atoms with E-state index < -0.39 is 0 Å². The molecule has 7 nitrogen and oxygen atoms in total. The van der Waals surface area contributed by atoms with Gasteiger partial charge in [0.05, 0.1) is 23.9 Å². The monoisotopic (exact) mass is 271 g/mol. The van der Waals surface area contributed by atoms with Gasteiger partial charge in [0.2, 0.25) is 11.8 Å². The number of nitrogens with one attached hydrogen (secondary N) is 1. The number of fused-ring (bicyclic) bond motifs is 1. The van der Waals surface area contributed by atoms with Crippen LogP contribution in [0.3, 0.4) is 0 Å². The van der Waals surface area contributed by atoms with Crippen LogP contribution in [0.15, 0.2) is 35.1 Å². The van der Waals surface area contributed by atoms with Gasteiger partial charge in [0.15, 0.2) is 5.82 Å². The smallest absolute Gasteiger partial charge is 0.246 e. The first kappa shape index (κ1) is 12.3. The Bertz CT molecular complexity index is 746. The minimum Gasteiger partial charge on any atom is -0.345 e. The Morgan fingerprint density at radius 2 is 2.25 bits per heavy atom. The quantitative estimate of drug-likeness (QED) is 0.766. The van der Waals surface area contributed by atoms with Crippen molar-refractivity contribution in [3.63, 3.8) is 0 Å². The first-order valence-electron chi connectivity index (χ1n) is 6.18. The largest absolute Gasteiger partial charge is 0.345 e. The number of amides is 1. The minimum atomic E-state index is -0.135. The highest BCUT2D eigenvalue weighted by Crippen LogP contribution is 2.11. The average molecular weight is 271 g/mol. The van der Waals surface area contributed by atoms with Gasteiger partial charge in [-0.05, 0) is 19.1 Å². The molecule has 102 valence electrons. The lowest BCUT2D eigenvalue weighted by Gasteiger charge is -2.04. The fraction of sp³-hybridized carbons (Fsp3) is 0.231. The molecule has 0 fully saturated rings. The summed E-state index contributed by atoms with van der Waals surface area (Å²) in [5.41, 5.74) is 1.80. The van der Waals surface area contributed by atoms with E-state index in [2.05, 4.69) is 20.4 Å². The van der Waals surface area contributed by atoms with E-state index in [1.54, 1.807) is 17.8 Å². The van der Waals surface area contributed by atoms with Crippen molar-refractivity contribution in [1.82, 2.24) is 25.0 Å². The van der Waals surface area contributed by atoms with Crippen molar-refractivity contribution in [2.45, 2.75) is 20.0 Å². The van der Waals surface area contributed by atoms with Crippen molar-refractivity contribution in [2.24, 2.45) is 0 Å². The molecule has 0 bridgehead atoms. The van der Waals surface area contributed by atoms with Crippen LogP contribution < -0.4 is 5.32 Å². The van der Waals surface area contributed by atoms with E-state index in [-0.39, 0.29) is 19.0 Å². The molecule has 0 saturated heterocycles. The number of aryl methyl sites for hydroxylation is 1. The molecule has 0 spiro atoms. The van der Waals surface area contributed by atoms with Crippen LogP contribution in [0.1, 0.15) is 11.7 Å². The molecule has 20 heavy (non-hydrogen) atoms. The third-order valence-electron chi connectivity index (χ3n) is 2.85. The van der Waals surface area contributed by atoms with E-state index in [9.17, 15) is 4.79 Å². The van der Waals surface area contributed by atoms with Crippen LogP contribution in [0.2, 0.25) is 0 Å². The van der Waals surface area contributed by atoms with E-state index in [0.29, 0.717) is 11.7 Å². The van der Waals surface area contributed by atoms with Gasteiger partial charge in [-0.3, -0.25) is 4.79 Å². The van der Waals surface area contributed by atoms with Crippen LogP contribution in [0.4, 0.5) is 0 Å². The second kappa shape index (κ2) is 5.12. The van der Waals surface area contributed by atoms with Gasteiger partial charge >= 0.3 is 0 Å². The number of aromatic nitrogens is 4. The zero-order valence-corrected chi connectivity index (χ0v) is 10.9. The summed E-state index contributed by atoms with van der Waals surface area (Å²) in [5.74, 6) is 0.810. The maximum absolute atomic E-state index is 11.9. The lowest BCUT2D eigenvalue weighted by molar-refractivity contribution is -0.121. The Balaban J connectivity index is 1.64. The fourth-order valence-electron chi connectivity index (χ4n) is 1.93. The molecule has 2 heterocycles. The van der Waals surface area contributed by atoms with Crippen LogP contribution in [-0.2, 0) is 17.9 Å². The summed E-state index contributed by atoms with van der Waals surface area (Å²) in [7, 11) is 0. The van der Waals surface area contributed by atoms with E-state index >= 15 is 0 Å². The number of carbonyl (C=O) groups excluding carboxylic acids is 1. The number of hydrogen-bond donors (Lipinski definition) is 1. The van der Waals surface area contributed by atoms with Crippen molar-refractivity contribution in [2.75, 3.05) is 0 Å². The maximum Gasteiger partial charge on any atom is 0.246 e. The molecule has 1 N–H and O–H groups in total. The Morgan fingerprint density at radius 3 is 3.05 bits per heavy atom. The Morgan fingerprint density at radius 1 is 1.40 bits per heavy atom. The summed E-state index contributed by atoms with van der Waals surface area (Å²) >= 11 is 0. The molecule has 2 aromatic heterocycles. The number of para-hydroxylation sites is 2. The third kappa shape index (κ3) is 2.51. The van der Waals surface area contributed by atoms with Crippen molar-refractivity contribution in [3.8, 4) is 0 Å². The molecule has 1 amide bonds. The van der Waals surface area contributed by atoms with Crippen molar-refractivity contribution in [3.05, 3.63) is 42.3 Å². The molecular weight excluding hydrogens is 258 g/mol. The van der Waals surface area contributed by atoms with Gasteiger partial charge in [-0.1, -0.05) is 17.3 Å². The van der Waals surface area contributed by atoms with Crippen LogP contribution in [-0.4, -0.2) is 25.6 Å².